The first kappa shape index (κ1) is 20.3. The molecule has 2 aromatic carbocycles. The van der Waals surface area contributed by atoms with Gasteiger partial charge >= 0.3 is 0 Å². The first-order valence-corrected chi connectivity index (χ1v) is 9.58. The maximum Gasteiger partial charge on any atom is 0.258 e. The molecule has 2 rings (SSSR count). The quantitative estimate of drug-likeness (QED) is 0.796. The average Bonchev–Trinajstić information content (AvgIpc) is 2.58. The van der Waals surface area contributed by atoms with Gasteiger partial charge in [-0.05, 0) is 36.4 Å². The summed E-state index contributed by atoms with van der Waals surface area (Å²) in [7, 11) is -3.87. The Morgan fingerprint density at radius 1 is 1.08 bits per heavy atom. The molecule has 0 aliphatic heterocycles. The zero-order valence-electron chi connectivity index (χ0n) is 14.1. The second-order valence-corrected chi connectivity index (χ2v) is 7.68. The Kier molecular flexibility index (Phi) is 6.33. The van der Waals surface area contributed by atoms with Gasteiger partial charge in [0.1, 0.15) is 11.6 Å². The third kappa shape index (κ3) is 4.20. The number of nitrogens with one attached hydrogen (secondary N) is 1. The number of sulfonamides is 1. The lowest BCUT2D eigenvalue weighted by Gasteiger charge is -2.19. The van der Waals surface area contributed by atoms with E-state index in [1.165, 1.54) is 16.4 Å². The summed E-state index contributed by atoms with van der Waals surface area (Å²) in [4.78, 5) is 12.1. The predicted octanol–water partition coefficient (Wildman–Crippen LogP) is 3.90. The number of anilines is 1. The predicted molar refractivity (Wildman–Crippen MR) is 95.9 cm³/mol. The molecule has 1 amide bonds. The summed E-state index contributed by atoms with van der Waals surface area (Å²) in [6, 6.07) is 6.49. The summed E-state index contributed by atoms with van der Waals surface area (Å²) in [6.07, 6.45) is 0. The van der Waals surface area contributed by atoms with Crippen molar-refractivity contribution in [1.29, 1.82) is 0 Å². The van der Waals surface area contributed by atoms with Crippen LogP contribution in [0.25, 0.3) is 0 Å². The SMILES string of the molecule is CCN(CC)S(=O)(=O)c1ccc(F)c(C(=O)Nc2ccc(Cl)cc2F)c1. The summed E-state index contributed by atoms with van der Waals surface area (Å²) >= 11 is 5.64. The molecule has 0 aliphatic rings. The molecule has 9 heteroatoms. The number of hydrogen-bond acceptors (Lipinski definition) is 3. The highest BCUT2D eigenvalue weighted by Gasteiger charge is 2.24. The van der Waals surface area contributed by atoms with E-state index in [0.717, 1.165) is 24.3 Å². The molecule has 2 aromatic rings. The van der Waals surface area contributed by atoms with Gasteiger partial charge in [-0.25, -0.2) is 17.2 Å². The maximum absolute atomic E-state index is 14.1. The van der Waals surface area contributed by atoms with E-state index in [9.17, 15) is 22.0 Å². The fourth-order valence-electron chi connectivity index (χ4n) is 2.33. The van der Waals surface area contributed by atoms with Crippen LogP contribution in [0.5, 0.6) is 0 Å². The van der Waals surface area contributed by atoms with Crippen LogP contribution in [0, 0.1) is 11.6 Å². The van der Waals surface area contributed by atoms with E-state index in [2.05, 4.69) is 5.32 Å². The van der Waals surface area contributed by atoms with Crippen LogP contribution in [0.4, 0.5) is 14.5 Å². The molecular formula is C17H17ClF2N2O3S. The van der Waals surface area contributed by atoms with E-state index in [-0.39, 0.29) is 28.7 Å². The van der Waals surface area contributed by atoms with E-state index < -0.39 is 33.1 Å². The number of amides is 1. The van der Waals surface area contributed by atoms with Crippen LogP contribution in [0.3, 0.4) is 0 Å². The molecule has 0 spiro atoms. The molecule has 0 atom stereocenters. The van der Waals surface area contributed by atoms with Gasteiger partial charge in [-0.1, -0.05) is 25.4 Å². The number of hydrogen-bond donors (Lipinski definition) is 1. The fraction of sp³-hybridized carbons (Fsp3) is 0.235. The highest BCUT2D eigenvalue weighted by atomic mass is 35.5. The van der Waals surface area contributed by atoms with Gasteiger partial charge in [-0.2, -0.15) is 4.31 Å². The molecule has 0 saturated carbocycles. The first-order chi connectivity index (χ1) is 12.2. The summed E-state index contributed by atoms with van der Waals surface area (Å²) in [6.45, 7) is 3.80. The highest BCUT2D eigenvalue weighted by molar-refractivity contribution is 7.89. The van der Waals surface area contributed by atoms with Crippen molar-refractivity contribution in [1.82, 2.24) is 4.31 Å². The average molecular weight is 403 g/mol. The number of halogens is 3. The standard InChI is InChI=1S/C17H17ClF2N2O3S/c1-3-22(4-2)26(24,25)12-6-7-14(19)13(10-12)17(23)21-16-8-5-11(18)9-15(16)20/h5-10H,3-4H2,1-2H3,(H,21,23). The second kappa shape index (κ2) is 8.11. The normalized spacial score (nSPS) is 11.6. The van der Waals surface area contributed by atoms with Crippen molar-refractivity contribution in [2.24, 2.45) is 0 Å². The molecule has 0 fully saturated rings. The number of benzene rings is 2. The molecule has 1 N–H and O–H groups in total. The molecule has 0 aromatic heterocycles. The number of rotatable bonds is 6. The maximum atomic E-state index is 14.1. The molecule has 26 heavy (non-hydrogen) atoms. The summed E-state index contributed by atoms with van der Waals surface area (Å²) in [5.41, 5.74) is -0.705. The van der Waals surface area contributed by atoms with Crippen LogP contribution in [0.15, 0.2) is 41.3 Å². The van der Waals surface area contributed by atoms with E-state index in [1.807, 2.05) is 0 Å². The van der Waals surface area contributed by atoms with Crippen molar-refractivity contribution in [3.63, 3.8) is 0 Å². The third-order valence-electron chi connectivity index (χ3n) is 3.70. The number of carbonyl (C=O) groups is 1. The molecule has 0 saturated heterocycles. The Bertz CT molecular complexity index is 932. The zero-order chi connectivity index (χ0) is 19.5. The van der Waals surface area contributed by atoms with Crippen molar-refractivity contribution < 1.29 is 22.0 Å². The van der Waals surface area contributed by atoms with Crippen LogP contribution in [-0.4, -0.2) is 31.7 Å². The van der Waals surface area contributed by atoms with Gasteiger partial charge in [0.05, 0.1) is 16.1 Å². The van der Waals surface area contributed by atoms with E-state index >= 15 is 0 Å². The Labute approximate surface area is 155 Å². The third-order valence-corrected chi connectivity index (χ3v) is 5.99. The first-order valence-electron chi connectivity index (χ1n) is 7.76. The van der Waals surface area contributed by atoms with Crippen molar-refractivity contribution in [2.75, 3.05) is 18.4 Å². The van der Waals surface area contributed by atoms with Crippen molar-refractivity contribution >= 4 is 33.2 Å². The van der Waals surface area contributed by atoms with Crippen LogP contribution >= 0.6 is 11.6 Å². The minimum atomic E-state index is -3.87. The molecule has 140 valence electrons. The van der Waals surface area contributed by atoms with Crippen LogP contribution in [0.1, 0.15) is 24.2 Å². The monoisotopic (exact) mass is 402 g/mol. The molecular weight excluding hydrogens is 386 g/mol. The zero-order valence-corrected chi connectivity index (χ0v) is 15.7. The van der Waals surface area contributed by atoms with Crippen molar-refractivity contribution in [3.05, 3.63) is 58.6 Å². The van der Waals surface area contributed by atoms with Gasteiger partial charge in [-0.15, -0.1) is 0 Å². The Morgan fingerprint density at radius 3 is 2.31 bits per heavy atom. The van der Waals surface area contributed by atoms with Crippen molar-refractivity contribution in [3.8, 4) is 0 Å². The summed E-state index contributed by atoms with van der Waals surface area (Å²) in [5.74, 6) is -2.69. The summed E-state index contributed by atoms with van der Waals surface area (Å²) in [5, 5.41) is 2.35. The Hall–Kier alpha value is -2.03. The fourth-order valence-corrected chi connectivity index (χ4v) is 3.98. The van der Waals surface area contributed by atoms with Gasteiger partial charge in [0, 0.05) is 18.1 Å². The van der Waals surface area contributed by atoms with Gasteiger partial charge in [0.15, 0.2) is 0 Å². The minimum absolute atomic E-state index is 0.138. The van der Waals surface area contributed by atoms with Gasteiger partial charge < -0.3 is 5.32 Å². The lowest BCUT2D eigenvalue weighted by atomic mass is 10.2. The largest absolute Gasteiger partial charge is 0.319 e. The molecule has 0 unspecified atom stereocenters. The molecule has 0 bridgehead atoms. The summed E-state index contributed by atoms with van der Waals surface area (Å²) < 4.78 is 54.1. The highest BCUT2D eigenvalue weighted by Crippen LogP contribution is 2.22. The van der Waals surface area contributed by atoms with Crippen LogP contribution in [0.2, 0.25) is 5.02 Å². The van der Waals surface area contributed by atoms with Gasteiger partial charge in [-0.3, -0.25) is 4.79 Å². The number of nitrogens with zero attached hydrogens (tertiary/aromatic N) is 1. The molecule has 0 radical (unpaired) electrons. The molecule has 5 nitrogen and oxygen atoms in total. The van der Waals surface area contributed by atoms with E-state index in [0.29, 0.717) is 0 Å². The molecule has 0 aliphatic carbocycles. The van der Waals surface area contributed by atoms with Crippen LogP contribution < -0.4 is 5.32 Å². The van der Waals surface area contributed by atoms with Crippen molar-refractivity contribution in [2.45, 2.75) is 18.7 Å². The number of carbonyl (C=O) groups excluding carboxylic acids is 1. The minimum Gasteiger partial charge on any atom is -0.319 e. The topological polar surface area (TPSA) is 66.5 Å². The van der Waals surface area contributed by atoms with Crippen LogP contribution in [-0.2, 0) is 10.0 Å². The van der Waals surface area contributed by atoms with Gasteiger partial charge in [0.25, 0.3) is 5.91 Å². The second-order valence-electron chi connectivity index (χ2n) is 5.31. The van der Waals surface area contributed by atoms with E-state index in [4.69, 9.17) is 11.6 Å². The van der Waals surface area contributed by atoms with E-state index in [1.54, 1.807) is 13.8 Å². The molecule has 0 heterocycles. The lowest BCUT2D eigenvalue weighted by Crippen LogP contribution is -2.31. The Morgan fingerprint density at radius 2 is 1.73 bits per heavy atom. The van der Waals surface area contributed by atoms with Gasteiger partial charge in [0.2, 0.25) is 10.0 Å². The lowest BCUT2D eigenvalue weighted by molar-refractivity contribution is 0.102. The Balaban J connectivity index is 2.39. The smallest absolute Gasteiger partial charge is 0.258 e.